The summed E-state index contributed by atoms with van der Waals surface area (Å²) in [6, 6.07) is 10.2. The summed E-state index contributed by atoms with van der Waals surface area (Å²) in [5.41, 5.74) is 6.91. The number of nitrogens with two attached hydrogens (primary N) is 1. The van der Waals surface area contributed by atoms with Crippen LogP contribution in [-0.2, 0) is 10.3 Å². The van der Waals surface area contributed by atoms with Crippen molar-refractivity contribution in [2.45, 2.75) is 30.9 Å². The molecular formula is C12H17NO. The van der Waals surface area contributed by atoms with Crippen molar-refractivity contribution >= 4 is 0 Å². The van der Waals surface area contributed by atoms with E-state index in [4.69, 9.17) is 10.5 Å². The molecule has 1 saturated carbocycles. The fourth-order valence-corrected chi connectivity index (χ4v) is 1.98. The van der Waals surface area contributed by atoms with E-state index in [1.165, 1.54) is 5.56 Å². The number of ether oxygens (including phenoxy) is 1. The van der Waals surface area contributed by atoms with E-state index in [0.717, 1.165) is 12.8 Å². The van der Waals surface area contributed by atoms with Gasteiger partial charge in [-0.25, -0.2) is 0 Å². The van der Waals surface area contributed by atoms with Gasteiger partial charge >= 0.3 is 0 Å². The molecule has 0 aliphatic heterocycles. The van der Waals surface area contributed by atoms with Crippen LogP contribution in [0.2, 0.25) is 0 Å². The van der Waals surface area contributed by atoms with Crippen LogP contribution in [0.3, 0.4) is 0 Å². The highest BCUT2D eigenvalue weighted by molar-refractivity contribution is 5.30. The van der Waals surface area contributed by atoms with Crippen molar-refractivity contribution in [2.75, 3.05) is 7.11 Å². The minimum atomic E-state index is -0.339. The smallest absolute Gasteiger partial charge is 0.108 e. The minimum absolute atomic E-state index is 0.164. The van der Waals surface area contributed by atoms with Crippen LogP contribution in [-0.4, -0.2) is 12.6 Å². The van der Waals surface area contributed by atoms with Crippen LogP contribution in [0.4, 0.5) is 0 Å². The van der Waals surface area contributed by atoms with E-state index >= 15 is 0 Å². The molecule has 1 fully saturated rings. The molecule has 1 aromatic rings. The fourth-order valence-electron chi connectivity index (χ4n) is 1.98. The second-order valence-corrected chi connectivity index (χ2v) is 4.26. The van der Waals surface area contributed by atoms with Crippen molar-refractivity contribution < 1.29 is 4.74 Å². The molecule has 2 nitrogen and oxygen atoms in total. The Morgan fingerprint density at radius 2 is 1.86 bits per heavy atom. The van der Waals surface area contributed by atoms with Gasteiger partial charge in [0.2, 0.25) is 0 Å². The topological polar surface area (TPSA) is 35.2 Å². The summed E-state index contributed by atoms with van der Waals surface area (Å²) >= 11 is 0. The Kier molecular flexibility index (Phi) is 2.13. The highest BCUT2D eigenvalue weighted by Gasteiger charge is 2.55. The molecule has 1 aliphatic rings. The van der Waals surface area contributed by atoms with Crippen molar-refractivity contribution in [3.8, 4) is 0 Å². The Labute approximate surface area is 85.1 Å². The van der Waals surface area contributed by atoms with Gasteiger partial charge in [-0.15, -0.1) is 0 Å². The maximum absolute atomic E-state index is 6.24. The van der Waals surface area contributed by atoms with Gasteiger partial charge in [0.1, 0.15) is 5.60 Å². The second-order valence-electron chi connectivity index (χ2n) is 4.26. The Hall–Kier alpha value is -0.860. The Morgan fingerprint density at radius 3 is 2.29 bits per heavy atom. The molecule has 1 atom stereocenters. The molecule has 0 aromatic heterocycles. The van der Waals surface area contributed by atoms with Crippen LogP contribution < -0.4 is 5.73 Å². The summed E-state index contributed by atoms with van der Waals surface area (Å²) in [7, 11) is 1.74. The average molecular weight is 191 g/mol. The van der Waals surface area contributed by atoms with Crippen molar-refractivity contribution in [3.05, 3.63) is 35.9 Å². The molecule has 76 valence electrons. The molecule has 0 bridgehead atoms. The van der Waals surface area contributed by atoms with Gasteiger partial charge in [-0.3, -0.25) is 0 Å². The third-order valence-corrected chi connectivity index (χ3v) is 3.47. The molecule has 0 amide bonds. The lowest BCUT2D eigenvalue weighted by Gasteiger charge is -2.35. The van der Waals surface area contributed by atoms with E-state index in [2.05, 4.69) is 19.1 Å². The maximum Gasteiger partial charge on any atom is 0.108 e. The van der Waals surface area contributed by atoms with E-state index in [-0.39, 0.29) is 11.1 Å². The molecule has 2 N–H and O–H groups in total. The van der Waals surface area contributed by atoms with Crippen LogP contribution >= 0.6 is 0 Å². The number of hydrogen-bond acceptors (Lipinski definition) is 2. The molecule has 2 heteroatoms. The lowest BCUT2D eigenvalue weighted by Crippen LogP contribution is -2.47. The highest BCUT2D eigenvalue weighted by atomic mass is 16.5. The van der Waals surface area contributed by atoms with E-state index in [9.17, 15) is 0 Å². The molecule has 1 aromatic carbocycles. The SMILES string of the molecule is COC(C)(c1ccccc1)C1(N)CC1. The molecule has 0 radical (unpaired) electrons. The van der Waals surface area contributed by atoms with Gasteiger partial charge in [0, 0.05) is 12.6 Å². The molecule has 14 heavy (non-hydrogen) atoms. The van der Waals surface area contributed by atoms with Gasteiger partial charge in [0.25, 0.3) is 0 Å². The summed E-state index contributed by atoms with van der Waals surface area (Å²) in [4.78, 5) is 0. The van der Waals surface area contributed by atoms with Crippen LogP contribution in [0.1, 0.15) is 25.3 Å². The van der Waals surface area contributed by atoms with Crippen LogP contribution in [0.5, 0.6) is 0 Å². The highest BCUT2D eigenvalue weighted by Crippen LogP contribution is 2.49. The van der Waals surface area contributed by atoms with Crippen LogP contribution in [0, 0.1) is 0 Å². The third kappa shape index (κ3) is 1.26. The Balaban J connectivity index is 2.38. The predicted molar refractivity (Wildman–Crippen MR) is 57.0 cm³/mol. The fraction of sp³-hybridized carbons (Fsp3) is 0.500. The van der Waals surface area contributed by atoms with Gasteiger partial charge in [0.15, 0.2) is 0 Å². The first-order valence-corrected chi connectivity index (χ1v) is 5.02. The third-order valence-electron chi connectivity index (χ3n) is 3.47. The summed E-state index contributed by atoms with van der Waals surface area (Å²) in [6.45, 7) is 2.08. The van der Waals surface area contributed by atoms with E-state index in [0.29, 0.717) is 0 Å². The van der Waals surface area contributed by atoms with Crippen LogP contribution in [0.25, 0.3) is 0 Å². The monoisotopic (exact) mass is 191 g/mol. The van der Waals surface area contributed by atoms with E-state index in [1.807, 2.05) is 18.2 Å². The first-order chi connectivity index (χ1) is 6.62. The lowest BCUT2D eigenvalue weighted by molar-refractivity contribution is -0.0294. The van der Waals surface area contributed by atoms with Gasteiger partial charge in [0.05, 0.1) is 0 Å². The van der Waals surface area contributed by atoms with Crippen molar-refractivity contribution in [3.63, 3.8) is 0 Å². The molecule has 0 saturated heterocycles. The standard InChI is InChI=1S/C12H17NO/c1-11(14-2,12(13)8-9-12)10-6-4-3-5-7-10/h3-7H,8-9,13H2,1-2H3. The summed E-state index contributed by atoms with van der Waals surface area (Å²) in [5, 5.41) is 0. The molecule has 2 rings (SSSR count). The zero-order valence-corrected chi connectivity index (χ0v) is 8.79. The Bertz CT molecular complexity index is 318. The van der Waals surface area contributed by atoms with Crippen LogP contribution in [0.15, 0.2) is 30.3 Å². The van der Waals surface area contributed by atoms with Crippen molar-refractivity contribution in [2.24, 2.45) is 5.73 Å². The second kappa shape index (κ2) is 3.07. The summed E-state index contributed by atoms with van der Waals surface area (Å²) in [6.07, 6.45) is 2.10. The van der Waals surface area contributed by atoms with Gasteiger partial charge in [-0.05, 0) is 25.3 Å². The van der Waals surface area contributed by atoms with Gasteiger partial charge in [-0.1, -0.05) is 30.3 Å². The van der Waals surface area contributed by atoms with Gasteiger partial charge < -0.3 is 10.5 Å². The number of methoxy groups -OCH3 is 1. The summed E-state index contributed by atoms with van der Waals surface area (Å²) in [5.74, 6) is 0. The molecule has 0 heterocycles. The molecular weight excluding hydrogens is 174 g/mol. The Morgan fingerprint density at radius 1 is 1.29 bits per heavy atom. The van der Waals surface area contributed by atoms with E-state index in [1.54, 1.807) is 7.11 Å². The summed E-state index contributed by atoms with van der Waals surface area (Å²) < 4.78 is 5.63. The van der Waals surface area contributed by atoms with Crippen molar-refractivity contribution in [1.29, 1.82) is 0 Å². The van der Waals surface area contributed by atoms with E-state index < -0.39 is 0 Å². The zero-order valence-electron chi connectivity index (χ0n) is 8.79. The first kappa shape index (κ1) is 9.69. The maximum atomic E-state index is 6.24. The number of benzene rings is 1. The quantitative estimate of drug-likeness (QED) is 0.793. The zero-order chi connectivity index (χ0) is 10.2. The lowest BCUT2D eigenvalue weighted by atomic mass is 9.86. The number of hydrogen-bond donors (Lipinski definition) is 1. The normalized spacial score (nSPS) is 22.8. The molecule has 1 unspecified atom stereocenters. The largest absolute Gasteiger partial charge is 0.372 e. The van der Waals surface area contributed by atoms with Crippen molar-refractivity contribution in [1.82, 2.24) is 0 Å². The average Bonchev–Trinajstić information content (AvgIpc) is 2.98. The molecule has 0 spiro atoms. The first-order valence-electron chi connectivity index (χ1n) is 5.02. The van der Waals surface area contributed by atoms with Gasteiger partial charge in [-0.2, -0.15) is 0 Å². The number of rotatable bonds is 3. The predicted octanol–water partition coefficient (Wildman–Crippen LogP) is 2.04. The minimum Gasteiger partial charge on any atom is -0.372 e. The molecule has 1 aliphatic carbocycles.